The first kappa shape index (κ1) is 12.5. The van der Waals surface area contributed by atoms with Gasteiger partial charge in [0.2, 0.25) is 0 Å². The first-order valence-corrected chi connectivity index (χ1v) is 6.04. The van der Waals surface area contributed by atoms with E-state index in [1.165, 1.54) is 6.07 Å². The van der Waals surface area contributed by atoms with Crippen molar-refractivity contribution in [2.45, 2.75) is 18.6 Å². The fraction of sp³-hybridized carbons (Fsp3) is 0.538. The molecule has 2 N–H and O–H groups in total. The number of hydrogen-bond donors (Lipinski definition) is 2. The molecule has 0 radical (unpaired) electrons. The number of benzene rings is 1. The zero-order chi connectivity index (χ0) is 12.1. The molecule has 2 atom stereocenters. The Morgan fingerprint density at radius 3 is 3.12 bits per heavy atom. The normalized spacial score (nSPS) is 22.4. The van der Waals surface area contributed by atoms with Crippen LogP contribution in [0.4, 0.5) is 4.39 Å². The summed E-state index contributed by atoms with van der Waals surface area (Å²) in [5.41, 5.74) is 0.974. The van der Waals surface area contributed by atoms with Gasteiger partial charge in [-0.3, -0.25) is 0 Å². The van der Waals surface area contributed by atoms with E-state index < -0.39 is 0 Å². The predicted molar refractivity (Wildman–Crippen MR) is 65.4 cm³/mol. The Balaban J connectivity index is 2.00. The first-order chi connectivity index (χ1) is 8.29. The van der Waals surface area contributed by atoms with Gasteiger partial charge in [-0.05, 0) is 31.2 Å². The van der Waals surface area contributed by atoms with E-state index in [1.807, 2.05) is 13.1 Å². The van der Waals surface area contributed by atoms with E-state index in [0.717, 1.165) is 31.7 Å². The number of ether oxygens (including phenoxy) is 1. The van der Waals surface area contributed by atoms with Crippen LogP contribution in [0.15, 0.2) is 24.3 Å². The number of morpholine rings is 1. The van der Waals surface area contributed by atoms with Gasteiger partial charge < -0.3 is 15.4 Å². The fourth-order valence-corrected chi connectivity index (χ4v) is 2.18. The minimum atomic E-state index is -0.189. The van der Waals surface area contributed by atoms with Crippen molar-refractivity contribution in [2.24, 2.45) is 0 Å². The monoisotopic (exact) mass is 238 g/mol. The molecule has 1 heterocycles. The molecule has 1 aliphatic heterocycles. The van der Waals surface area contributed by atoms with Crippen molar-refractivity contribution in [1.29, 1.82) is 0 Å². The molecule has 0 amide bonds. The molecule has 4 heteroatoms. The van der Waals surface area contributed by atoms with Crippen LogP contribution in [0.5, 0.6) is 0 Å². The van der Waals surface area contributed by atoms with Crippen LogP contribution in [0.3, 0.4) is 0 Å². The molecular formula is C13H19FN2O. The van der Waals surface area contributed by atoms with Crippen molar-refractivity contribution in [3.63, 3.8) is 0 Å². The number of rotatable bonds is 4. The van der Waals surface area contributed by atoms with Crippen molar-refractivity contribution in [2.75, 3.05) is 26.7 Å². The summed E-state index contributed by atoms with van der Waals surface area (Å²) in [4.78, 5) is 0. The Morgan fingerprint density at radius 1 is 1.59 bits per heavy atom. The van der Waals surface area contributed by atoms with Gasteiger partial charge in [0.25, 0.3) is 0 Å². The standard InChI is InChI=1S/C13H19FN2O/c1-15-13(8-12-9-16-5-6-17-12)10-3-2-4-11(14)7-10/h2-4,7,12-13,15-16H,5-6,8-9H2,1H3. The van der Waals surface area contributed by atoms with Crippen LogP contribution in [0, 0.1) is 5.82 Å². The third-order valence-electron chi connectivity index (χ3n) is 3.10. The molecule has 1 aromatic carbocycles. The lowest BCUT2D eigenvalue weighted by molar-refractivity contribution is 0.0176. The van der Waals surface area contributed by atoms with Crippen LogP contribution in [0.2, 0.25) is 0 Å². The number of nitrogens with one attached hydrogen (secondary N) is 2. The fourth-order valence-electron chi connectivity index (χ4n) is 2.18. The Bertz CT molecular complexity index is 353. The maximum Gasteiger partial charge on any atom is 0.123 e. The maximum atomic E-state index is 13.2. The number of hydrogen-bond acceptors (Lipinski definition) is 3. The summed E-state index contributed by atoms with van der Waals surface area (Å²) in [5, 5.41) is 6.52. The molecule has 0 aromatic heterocycles. The average molecular weight is 238 g/mol. The van der Waals surface area contributed by atoms with Crippen molar-refractivity contribution in [3.05, 3.63) is 35.6 Å². The van der Waals surface area contributed by atoms with Crippen LogP contribution in [-0.4, -0.2) is 32.8 Å². The highest BCUT2D eigenvalue weighted by Gasteiger charge is 2.19. The second-order valence-corrected chi connectivity index (χ2v) is 4.33. The van der Waals surface area contributed by atoms with E-state index in [0.29, 0.717) is 0 Å². The summed E-state index contributed by atoms with van der Waals surface area (Å²) >= 11 is 0. The van der Waals surface area contributed by atoms with Crippen molar-refractivity contribution >= 4 is 0 Å². The Hall–Kier alpha value is -0.970. The van der Waals surface area contributed by atoms with Crippen LogP contribution >= 0.6 is 0 Å². The predicted octanol–water partition coefficient (Wildman–Crippen LogP) is 1.46. The third kappa shape index (κ3) is 3.49. The van der Waals surface area contributed by atoms with E-state index in [1.54, 1.807) is 12.1 Å². The largest absolute Gasteiger partial charge is 0.376 e. The maximum absolute atomic E-state index is 13.2. The lowest BCUT2D eigenvalue weighted by Gasteiger charge is -2.27. The topological polar surface area (TPSA) is 33.3 Å². The summed E-state index contributed by atoms with van der Waals surface area (Å²) in [5.74, 6) is -0.189. The molecule has 17 heavy (non-hydrogen) atoms. The molecule has 1 fully saturated rings. The van der Waals surface area contributed by atoms with Crippen LogP contribution < -0.4 is 10.6 Å². The van der Waals surface area contributed by atoms with Crippen molar-refractivity contribution in [3.8, 4) is 0 Å². The van der Waals surface area contributed by atoms with Gasteiger partial charge in [0, 0.05) is 19.1 Å². The SMILES string of the molecule is CNC(CC1CNCCO1)c1cccc(F)c1. The highest BCUT2D eigenvalue weighted by molar-refractivity contribution is 5.20. The van der Waals surface area contributed by atoms with Crippen LogP contribution in [-0.2, 0) is 4.74 Å². The minimum Gasteiger partial charge on any atom is -0.376 e. The quantitative estimate of drug-likeness (QED) is 0.833. The van der Waals surface area contributed by atoms with E-state index in [-0.39, 0.29) is 18.0 Å². The van der Waals surface area contributed by atoms with Gasteiger partial charge in [-0.25, -0.2) is 4.39 Å². The molecule has 94 valence electrons. The molecule has 0 aliphatic carbocycles. The van der Waals surface area contributed by atoms with Gasteiger partial charge in [0.05, 0.1) is 12.7 Å². The highest BCUT2D eigenvalue weighted by Crippen LogP contribution is 2.20. The second kappa shape index (κ2) is 6.10. The summed E-state index contributed by atoms with van der Waals surface area (Å²) in [7, 11) is 1.89. The van der Waals surface area contributed by atoms with E-state index >= 15 is 0 Å². The smallest absolute Gasteiger partial charge is 0.123 e. The molecule has 1 aliphatic rings. The zero-order valence-electron chi connectivity index (χ0n) is 10.1. The summed E-state index contributed by atoms with van der Waals surface area (Å²) in [6, 6.07) is 6.87. The second-order valence-electron chi connectivity index (χ2n) is 4.33. The van der Waals surface area contributed by atoms with Crippen LogP contribution in [0.25, 0.3) is 0 Å². The van der Waals surface area contributed by atoms with E-state index in [4.69, 9.17) is 4.74 Å². The van der Waals surface area contributed by atoms with Gasteiger partial charge >= 0.3 is 0 Å². The zero-order valence-corrected chi connectivity index (χ0v) is 10.1. The van der Waals surface area contributed by atoms with E-state index in [2.05, 4.69) is 10.6 Å². The first-order valence-electron chi connectivity index (χ1n) is 6.04. The average Bonchev–Trinajstić information content (AvgIpc) is 2.37. The Labute approximate surface area is 101 Å². The van der Waals surface area contributed by atoms with Gasteiger partial charge in [-0.2, -0.15) is 0 Å². The van der Waals surface area contributed by atoms with Gasteiger partial charge in [0.1, 0.15) is 5.82 Å². The minimum absolute atomic E-state index is 0.135. The molecule has 2 unspecified atom stereocenters. The molecule has 0 bridgehead atoms. The van der Waals surface area contributed by atoms with E-state index in [9.17, 15) is 4.39 Å². The molecule has 0 spiro atoms. The number of halogens is 1. The third-order valence-corrected chi connectivity index (χ3v) is 3.10. The van der Waals surface area contributed by atoms with Gasteiger partial charge in [-0.1, -0.05) is 12.1 Å². The van der Waals surface area contributed by atoms with Gasteiger partial charge in [0.15, 0.2) is 0 Å². The van der Waals surface area contributed by atoms with Crippen LogP contribution in [0.1, 0.15) is 18.0 Å². The summed E-state index contributed by atoms with van der Waals surface area (Å²) < 4.78 is 18.8. The Morgan fingerprint density at radius 2 is 2.47 bits per heavy atom. The van der Waals surface area contributed by atoms with Crippen molar-refractivity contribution in [1.82, 2.24) is 10.6 Å². The highest BCUT2D eigenvalue weighted by atomic mass is 19.1. The summed E-state index contributed by atoms with van der Waals surface area (Å²) in [6.45, 7) is 2.54. The lowest BCUT2D eigenvalue weighted by Crippen LogP contribution is -2.40. The van der Waals surface area contributed by atoms with Crippen molar-refractivity contribution < 1.29 is 9.13 Å². The molecular weight excluding hydrogens is 219 g/mol. The lowest BCUT2D eigenvalue weighted by atomic mass is 10.00. The Kier molecular flexibility index (Phi) is 4.48. The summed E-state index contributed by atoms with van der Waals surface area (Å²) in [6.07, 6.45) is 1.05. The molecule has 2 rings (SSSR count). The molecule has 1 aromatic rings. The molecule has 1 saturated heterocycles. The molecule has 0 saturated carbocycles. The molecule has 3 nitrogen and oxygen atoms in total. The van der Waals surface area contributed by atoms with Gasteiger partial charge in [-0.15, -0.1) is 0 Å².